The number of carbonyl (C=O) groups excluding carboxylic acids is 1. The van der Waals surface area contributed by atoms with Gasteiger partial charge < -0.3 is 5.32 Å². The number of nitrogens with zero attached hydrogens (tertiary/aromatic N) is 2. The Kier molecular flexibility index (Phi) is 4.69. The van der Waals surface area contributed by atoms with E-state index in [0.29, 0.717) is 16.9 Å². The smallest absolute Gasteiger partial charge is 0.238 e. The Bertz CT molecular complexity index is 534. The summed E-state index contributed by atoms with van der Waals surface area (Å²) in [6, 6.07) is 0.368. The van der Waals surface area contributed by atoms with Crippen LogP contribution in [0.2, 0.25) is 0 Å². The van der Waals surface area contributed by atoms with Gasteiger partial charge in [0.1, 0.15) is 11.0 Å². The van der Waals surface area contributed by atoms with Gasteiger partial charge in [-0.1, -0.05) is 19.9 Å². The third kappa shape index (κ3) is 3.13. The van der Waals surface area contributed by atoms with E-state index in [1.54, 1.807) is 0 Å². The molecule has 0 aromatic heterocycles. The number of amides is 1. The second kappa shape index (κ2) is 6.30. The Hall–Kier alpha value is -0.720. The molecule has 0 aromatic carbocycles. The Balaban J connectivity index is 1.71. The van der Waals surface area contributed by atoms with Crippen molar-refractivity contribution >= 4 is 16.9 Å². The fraction of sp³-hybridized carbons (Fsp3) is 0.824. The molecule has 2 aliphatic carbocycles. The summed E-state index contributed by atoms with van der Waals surface area (Å²) >= 11 is 0. The van der Waals surface area contributed by atoms with Crippen LogP contribution in [0.4, 0.5) is 0 Å². The molecular weight excluding hydrogens is 310 g/mol. The van der Waals surface area contributed by atoms with Gasteiger partial charge in [0, 0.05) is 13.1 Å². The van der Waals surface area contributed by atoms with Gasteiger partial charge in [-0.05, 0) is 51.6 Å². The van der Waals surface area contributed by atoms with Crippen LogP contribution in [-0.2, 0) is 15.8 Å². The summed E-state index contributed by atoms with van der Waals surface area (Å²) in [5.41, 5.74) is -0.455. The molecule has 130 valence electrons. The lowest BCUT2D eigenvalue weighted by Crippen LogP contribution is -2.49. The van der Waals surface area contributed by atoms with Crippen LogP contribution in [0.25, 0.3) is 0 Å². The highest BCUT2D eigenvalue weighted by atomic mass is 32.2. The second-order valence-corrected chi connectivity index (χ2v) is 8.93. The fourth-order valence-corrected chi connectivity index (χ4v) is 5.28. The summed E-state index contributed by atoms with van der Waals surface area (Å²) in [5, 5.41) is 3.24. The molecule has 3 aliphatic rings. The zero-order chi connectivity index (χ0) is 16.8. The van der Waals surface area contributed by atoms with E-state index in [0.717, 1.165) is 45.1 Å². The number of likely N-dealkylation sites (tertiary alicyclic amines) is 1. The normalized spacial score (nSPS) is 35.3. The first-order chi connectivity index (χ1) is 10.9. The molecule has 5 nitrogen and oxygen atoms in total. The Morgan fingerprint density at radius 2 is 2.13 bits per heavy atom. The van der Waals surface area contributed by atoms with Crippen LogP contribution in [0.15, 0.2) is 11.5 Å². The lowest BCUT2D eigenvalue weighted by molar-refractivity contribution is -0.125. The van der Waals surface area contributed by atoms with Gasteiger partial charge in [0.15, 0.2) is 0 Å². The third-order valence-corrected chi connectivity index (χ3v) is 7.41. The summed E-state index contributed by atoms with van der Waals surface area (Å²) < 4.78 is 14.7. The van der Waals surface area contributed by atoms with Crippen molar-refractivity contribution in [1.29, 1.82) is 0 Å². The van der Waals surface area contributed by atoms with E-state index in [1.807, 2.05) is 18.4 Å². The molecule has 3 unspecified atom stereocenters. The van der Waals surface area contributed by atoms with Gasteiger partial charge >= 0.3 is 0 Å². The van der Waals surface area contributed by atoms with Crippen molar-refractivity contribution in [3.63, 3.8) is 0 Å². The van der Waals surface area contributed by atoms with Crippen molar-refractivity contribution in [3.8, 4) is 0 Å². The van der Waals surface area contributed by atoms with Gasteiger partial charge in [0.2, 0.25) is 5.91 Å². The molecule has 3 rings (SSSR count). The quantitative estimate of drug-likeness (QED) is 0.767. The predicted octanol–water partition coefficient (Wildman–Crippen LogP) is 1.64. The van der Waals surface area contributed by atoms with Crippen molar-refractivity contribution in [2.45, 2.75) is 63.1 Å². The van der Waals surface area contributed by atoms with Crippen LogP contribution in [0.1, 0.15) is 45.4 Å². The number of hydrogen-bond acceptors (Lipinski definition) is 3. The predicted molar refractivity (Wildman–Crippen MR) is 93.0 cm³/mol. The molecule has 1 saturated heterocycles. The maximum atomic E-state index is 12.8. The molecule has 1 N–H and O–H groups in total. The fourth-order valence-electron chi connectivity index (χ4n) is 3.83. The van der Waals surface area contributed by atoms with Crippen molar-refractivity contribution in [2.24, 2.45) is 5.92 Å². The molecule has 1 amide bonds. The number of rotatable bonds is 7. The molecule has 0 spiro atoms. The van der Waals surface area contributed by atoms with Gasteiger partial charge in [-0.15, -0.1) is 0 Å². The van der Waals surface area contributed by atoms with Crippen LogP contribution in [-0.4, -0.2) is 57.6 Å². The standard InChI is InChI=1S/C17H29N3O2S/c1-5-13-11-17(13,12(2)23(22)20(4)14-8-9-14)18-16(21)15-7-6-10-19(15)3/h13-15H,2,5-11H2,1,3-4H3,(H,18,21)/t13?,15?,17-,23?/m0/s1. The van der Waals surface area contributed by atoms with Gasteiger partial charge in [0.25, 0.3) is 0 Å². The average molecular weight is 340 g/mol. The second-order valence-electron chi connectivity index (χ2n) is 7.36. The van der Waals surface area contributed by atoms with Gasteiger partial charge in [-0.25, -0.2) is 8.51 Å². The molecule has 1 heterocycles. The van der Waals surface area contributed by atoms with Gasteiger partial charge in [0.05, 0.1) is 16.5 Å². The molecule has 6 heteroatoms. The van der Waals surface area contributed by atoms with Gasteiger partial charge in [-0.3, -0.25) is 9.69 Å². The maximum absolute atomic E-state index is 12.8. The Morgan fingerprint density at radius 1 is 1.43 bits per heavy atom. The third-order valence-electron chi connectivity index (χ3n) is 5.80. The number of hydrogen-bond donors (Lipinski definition) is 1. The van der Waals surface area contributed by atoms with Crippen molar-refractivity contribution in [2.75, 3.05) is 20.6 Å². The van der Waals surface area contributed by atoms with Crippen LogP contribution in [0.3, 0.4) is 0 Å². The number of carbonyl (C=O) groups is 1. The highest BCUT2D eigenvalue weighted by Crippen LogP contribution is 2.52. The summed E-state index contributed by atoms with van der Waals surface area (Å²) in [5.74, 6) is 0.440. The van der Waals surface area contributed by atoms with Crippen molar-refractivity contribution in [3.05, 3.63) is 11.5 Å². The molecular formula is C17H29N3O2S. The summed E-state index contributed by atoms with van der Waals surface area (Å²) in [6.45, 7) is 7.24. The molecule has 4 atom stereocenters. The van der Waals surface area contributed by atoms with Gasteiger partial charge in [-0.2, -0.15) is 0 Å². The van der Waals surface area contributed by atoms with E-state index in [9.17, 15) is 9.00 Å². The number of likely N-dealkylation sites (N-methyl/N-ethyl adjacent to an activating group) is 1. The molecule has 0 bridgehead atoms. The van der Waals surface area contributed by atoms with E-state index in [2.05, 4.69) is 23.7 Å². The SMILES string of the molecule is C=C(S(=O)N(C)C1CC1)[C@@]1(NC(=O)C2CCCN2C)CC1CC. The van der Waals surface area contributed by atoms with Crippen LogP contribution < -0.4 is 5.32 Å². The molecule has 0 radical (unpaired) electrons. The van der Waals surface area contributed by atoms with Crippen LogP contribution in [0, 0.1) is 5.92 Å². The molecule has 1 aliphatic heterocycles. The first kappa shape index (κ1) is 17.1. The van der Waals surface area contributed by atoms with Crippen LogP contribution >= 0.6 is 0 Å². The molecule has 3 fully saturated rings. The van der Waals surface area contributed by atoms with E-state index in [4.69, 9.17) is 0 Å². The Labute approximate surface area is 142 Å². The first-order valence-electron chi connectivity index (χ1n) is 8.77. The largest absolute Gasteiger partial charge is 0.344 e. The lowest BCUT2D eigenvalue weighted by Gasteiger charge is -2.28. The minimum Gasteiger partial charge on any atom is -0.344 e. The van der Waals surface area contributed by atoms with E-state index in [1.165, 1.54) is 0 Å². The highest BCUT2D eigenvalue weighted by molar-refractivity contribution is 7.86. The maximum Gasteiger partial charge on any atom is 0.238 e. The average Bonchev–Trinajstić information content (AvgIpc) is 3.44. The molecule has 2 saturated carbocycles. The summed E-state index contributed by atoms with van der Waals surface area (Å²) in [6.07, 6.45) is 6.04. The minimum absolute atomic E-state index is 0.0487. The Morgan fingerprint density at radius 3 is 2.61 bits per heavy atom. The van der Waals surface area contributed by atoms with Crippen molar-refractivity contribution < 1.29 is 9.00 Å². The summed E-state index contributed by atoms with van der Waals surface area (Å²) in [4.78, 5) is 15.5. The first-order valence-corrected chi connectivity index (χ1v) is 9.87. The van der Waals surface area contributed by atoms with Crippen molar-refractivity contribution in [1.82, 2.24) is 14.5 Å². The van der Waals surface area contributed by atoms with E-state index in [-0.39, 0.29) is 11.9 Å². The monoisotopic (exact) mass is 339 g/mol. The van der Waals surface area contributed by atoms with Crippen LogP contribution in [0.5, 0.6) is 0 Å². The number of nitrogens with one attached hydrogen (secondary N) is 1. The highest BCUT2D eigenvalue weighted by Gasteiger charge is 2.59. The lowest BCUT2D eigenvalue weighted by atomic mass is 10.1. The van der Waals surface area contributed by atoms with E-state index < -0.39 is 16.5 Å². The van der Waals surface area contributed by atoms with E-state index >= 15 is 0 Å². The zero-order valence-corrected chi connectivity index (χ0v) is 15.3. The summed E-state index contributed by atoms with van der Waals surface area (Å²) in [7, 11) is 2.68. The zero-order valence-electron chi connectivity index (χ0n) is 14.5. The molecule has 23 heavy (non-hydrogen) atoms. The molecule has 0 aromatic rings. The minimum atomic E-state index is -1.22. The topological polar surface area (TPSA) is 52.7 Å².